The van der Waals surface area contributed by atoms with Gasteiger partial charge >= 0.3 is 0 Å². The third kappa shape index (κ3) is 4.60. The lowest BCUT2D eigenvalue weighted by molar-refractivity contribution is 0.745. The van der Waals surface area contributed by atoms with Crippen molar-refractivity contribution in [2.75, 3.05) is 4.90 Å². The standard InChI is InChI=1S/C56H35N5/c1-7-19-49-39(13-1)40-14-2-8-20-50(40)59(49)38-30-36(34-25-27-43-45(32-34)41-15-3-9-21-51(41)60-53-23-11-5-17-47(53)57-55(43)60)29-37(31-38)35-26-28-44-46(33-35)42-16-4-10-22-52(42)61-54-24-12-6-18-48(54)58-56(44)61/h1-33,39,49H. The van der Waals surface area contributed by atoms with Gasteiger partial charge in [0.2, 0.25) is 0 Å². The number of benzene rings is 8. The minimum atomic E-state index is 0.178. The SMILES string of the molecule is C1=CC2c3ccccc3N(c3cc(-c4ccc5c(c4)c4ccccc4n4c6ccccc6nc54)cc(-c4ccc5c(c4)c4ccccc4n4c6ccccc6nc54)c3)C2C=C1. The summed E-state index contributed by atoms with van der Waals surface area (Å²) in [5.41, 5.74) is 17.0. The lowest BCUT2D eigenvalue weighted by atomic mass is 9.91. The Morgan fingerprint density at radius 1 is 0.377 bits per heavy atom. The molecule has 2 atom stereocenters. The van der Waals surface area contributed by atoms with E-state index in [4.69, 9.17) is 9.97 Å². The molecule has 8 aromatic carbocycles. The molecular weight excluding hydrogens is 743 g/mol. The predicted octanol–water partition coefficient (Wildman–Crippen LogP) is 14.0. The van der Waals surface area contributed by atoms with Gasteiger partial charge in [-0.05, 0) is 124 Å². The van der Waals surface area contributed by atoms with Crippen molar-refractivity contribution in [1.29, 1.82) is 0 Å². The second-order valence-electron chi connectivity index (χ2n) is 16.6. The van der Waals surface area contributed by atoms with Crippen LogP contribution in [-0.2, 0) is 0 Å². The summed E-state index contributed by atoms with van der Waals surface area (Å²) in [4.78, 5) is 12.9. The van der Waals surface area contributed by atoms with Crippen molar-refractivity contribution in [2.45, 2.75) is 12.0 Å². The fourth-order valence-corrected chi connectivity index (χ4v) is 10.7. The summed E-state index contributed by atoms with van der Waals surface area (Å²) in [5, 5.41) is 7.10. The van der Waals surface area contributed by atoms with E-state index in [2.05, 4.69) is 214 Å². The van der Waals surface area contributed by atoms with Crippen LogP contribution in [0.25, 0.3) is 99.0 Å². The molecule has 0 spiro atoms. The summed E-state index contributed by atoms with van der Waals surface area (Å²) in [5.74, 6) is 0.285. The molecule has 2 unspecified atom stereocenters. The number of anilines is 2. The van der Waals surface area contributed by atoms with Gasteiger partial charge in [0.25, 0.3) is 0 Å². The largest absolute Gasteiger partial charge is 0.333 e. The Morgan fingerprint density at radius 2 is 0.885 bits per heavy atom. The molecule has 0 fully saturated rings. The number of imidazole rings is 2. The van der Waals surface area contributed by atoms with Gasteiger partial charge in [0.1, 0.15) is 11.3 Å². The van der Waals surface area contributed by atoms with E-state index in [1.54, 1.807) is 0 Å². The highest BCUT2D eigenvalue weighted by molar-refractivity contribution is 6.16. The van der Waals surface area contributed by atoms with Crippen LogP contribution in [0.3, 0.4) is 0 Å². The summed E-state index contributed by atoms with van der Waals surface area (Å²) >= 11 is 0. The van der Waals surface area contributed by atoms with E-state index in [-0.39, 0.29) is 12.0 Å². The minimum absolute atomic E-state index is 0.178. The van der Waals surface area contributed by atoms with Crippen molar-refractivity contribution < 1.29 is 0 Å². The van der Waals surface area contributed by atoms with Crippen LogP contribution in [0.1, 0.15) is 11.5 Å². The Morgan fingerprint density at radius 3 is 1.49 bits per heavy atom. The molecule has 4 aromatic heterocycles. The van der Waals surface area contributed by atoms with Gasteiger partial charge in [-0.2, -0.15) is 0 Å². The zero-order chi connectivity index (χ0) is 39.8. The van der Waals surface area contributed by atoms with Crippen molar-refractivity contribution in [3.8, 4) is 22.3 Å². The Balaban J connectivity index is 1.03. The highest BCUT2D eigenvalue weighted by Crippen LogP contribution is 2.49. The molecule has 5 heteroatoms. The van der Waals surface area contributed by atoms with Gasteiger partial charge in [0.05, 0.1) is 39.1 Å². The Kier molecular flexibility index (Phi) is 6.61. The van der Waals surface area contributed by atoms with E-state index in [0.717, 1.165) is 55.2 Å². The number of hydrogen-bond donors (Lipinski definition) is 0. The van der Waals surface area contributed by atoms with E-state index in [1.165, 1.54) is 60.7 Å². The van der Waals surface area contributed by atoms with Gasteiger partial charge in [0.15, 0.2) is 0 Å². The number of para-hydroxylation sites is 7. The zero-order valence-corrected chi connectivity index (χ0v) is 32.9. The molecule has 0 radical (unpaired) electrons. The second kappa shape index (κ2) is 12.3. The molecule has 0 saturated carbocycles. The van der Waals surface area contributed by atoms with Gasteiger partial charge in [-0.1, -0.05) is 115 Å². The Labute approximate surface area is 350 Å². The van der Waals surface area contributed by atoms with Gasteiger partial charge < -0.3 is 4.90 Å². The summed E-state index contributed by atoms with van der Waals surface area (Å²) in [6.07, 6.45) is 9.12. The average molecular weight is 778 g/mol. The number of hydrogen-bond acceptors (Lipinski definition) is 3. The van der Waals surface area contributed by atoms with Crippen molar-refractivity contribution in [3.63, 3.8) is 0 Å². The first kappa shape index (κ1) is 32.9. The maximum Gasteiger partial charge on any atom is 0.146 e. The Bertz CT molecular complexity index is 3710. The molecule has 1 aliphatic heterocycles. The summed E-state index contributed by atoms with van der Waals surface area (Å²) in [7, 11) is 0. The second-order valence-corrected chi connectivity index (χ2v) is 16.6. The summed E-state index contributed by atoms with van der Waals surface area (Å²) < 4.78 is 4.64. The molecule has 5 heterocycles. The van der Waals surface area contributed by atoms with Gasteiger partial charge in [-0.15, -0.1) is 0 Å². The number of fused-ring (bicyclic) bond motifs is 19. The van der Waals surface area contributed by atoms with Crippen LogP contribution in [-0.4, -0.2) is 24.8 Å². The molecule has 0 N–H and O–H groups in total. The van der Waals surface area contributed by atoms with E-state index in [9.17, 15) is 0 Å². The normalized spacial score (nSPS) is 16.0. The first-order valence-corrected chi connectivity index (χ1v) is 21.1. The molecule has 5 nitrogen and oxygen atoms in total. The van der Waals surface area contributed by atoms with Crippen molar-refractivity contribution in [3.05, 3.63) is 206 Å². The number of pyridine rings is 2. The first-order chi connectivity index (χ1) is 30.2. The third-order valence-corrected chi connectivity index (χ3v) is 13.3. The summed E-state index contributed by atoms with van der Waals surface area (Å²) in [6, 6.07) is 64.6. The highest BCUT2D eigenvalue weighted by atomic mass is 15.2. The van der Waals surface area contributed by atoms with Crippen LogP contribution >= 0.6 is 0 Å². The number of aromatic nitrogens is 4. The van der Waals surface area contributed by atoms with Crippen LogP contribution in [0.4, 0.5) is 11.4 Å². The quantitative estimate of drug-likeness (QED) is 0.168. The zero-order valence-electron chi connectivity index (χ0n) is 32.9. The number of allylic oxidation sites excluding steroid dienone is 2. The van der Waals surface area contributed by atoms with Crippen LogP contribution in [0, 0.1) is 0 Å². The van der Waals surface area contributed by atoms with E-state index < -0.39 is 0 Å². The fourth-order valence-electron chi connectivity index (χ4n) is 10.7. The van der Waals surface area contributed by atoms with E-state index >= 15 is 0 Å². The molecule has 61 heavy (non-hydrogen) atoms. The smallest absolute Gasteiger partial charge is 0.146 e. The molecule has 12 aromatic rings. The monoisotopic (exact) mass is 777 g/mol. The molecule has 284 valence electrons. The molecule has 0 saturated heterocycles. The average Bonchev–Trinajstić information content (AvgIpc) is 4.02. The van der Waals surface area contributed by atoms with Crippen LogP contribution in [0.15, 0.2) is 200 Å². The lowest BCUT2D eigenvalue weighted by Crippen LogP contribution is -2.28. The van der Waals surface area contributed by atoms with Crippen molar-refractivity contribution in [2.24, 2.45) is 0 Å². The van der Waals surface area contributed by atoms with Crippen molar-refractivity contribution >= 4 is 88.1 Å². The first-order valence-electron chi connectivity index (χ1n) is 21.1. The predicted molar refractivity (Wildman–Crippen MR) is 253 cm³/mol. The van der Waals surface area contributed by atoms with E-state index in [1.807, 2.05) is 0 Å². The topological polar surface area (TPSA) is 37.8 Å². The van der Waals surface area contributed by atoms with E-state index in [0.29, 0.717) is 0 Å². The lowest BCUT2D eigenvalue weighted by Gasteiger charge is -2.29. The van der Waals surface area contributed by atoms with Crippen LogP contribution < -0.4 is 4.90 Å². The van der Waals surface area contributed by atoms with Crippen LogP contribution in [0.5, 0.6) is 0 Å². The van der Waals surface area contributed by atoms with Crippen molar-refractivity contribution in [1.82, 2.24) is 18.8 Å². The minimum Gasteiger partial charge on any atom is -0.333 e. The maximum absolute atomic E-state index is 5.19. The van der Waals surface area contributed by atoms with Gasteiger partial charge in [0, 0.05) is 38.8 Å². The third-order valence-electron chi connectivity index (χ3n) is 13.3. The fraction of sp³-hybridized carbons (Fsp3) is 0.0357. The molecule has 1 aliphatic carbocycles. The van der Waals surface area contributed by atoms with Gasteiger partial charge in [-0.3, -0.25) is 8.80 Å². The number of rotatable bonds is 3. The number of nitrogens with zero attached hydrogens (tertiary/aromatic N) is 5. The maximum atomic E-state index is 5.19. The van der Waals surface area contributed by atoms with Gasteiger partial charge in [-0.25, -0.2) is 9.97 Å². The Hall–Kier alpha value is -8.02. The molecule has 2 aliphatic rings. The molecule has 0 bridgehead atoms. The van der Waals surface area contributed by atoms with Crippen LogP contribution in [0.2, 0.25) is 0 Å². The molecule has 0 amide bonds. The molecular formula is C56H35N5. The summed E-state index contributed by atoms with van der Waals surface area (Å²) in [6.45, 7) is 0. The molecule has 14 rings (SSSR count). The highest BCUT2D eigenvalue weighted by Gasteiger charge is 2.37.